The average molecular weight is 261 g/mol. The van der Waals surface area contributed by atoms with Crippen molar-refractivity contribution in [1.29, 1.82) is 0 Å². The average Bonchev–Trinajstić information content (AvgIpc) is 2.61. The van der Waals surface area contributed by atoms with Crippen molar-refractivity contribution in [2.75, 3.05) is 11.9 Å². The van der Waals surface area contributed by atoms with E-state index in [9.17, 15) is 0 Å². The van der Waals surface area contributed by atoms with Gasteiger partial charge >= 0.3 is 0 Å². The second kappa shape index (κ2) is 4.19. The van der Waals surface area contributed by atoms with Gasteiger partial charge in [-0.15, -0.1) is 11.3 Å². The summed E-state index contributed by atoms with van der Waals surface area (Å²) in [7, 11) is 0. The Morgan fingerprint density at radius 3 is 2.78 bits per heavy atom. The van der Waals surface area contributed by atoms with E-state index in [1.54, 1.807) is 17.7 Å². The second-order valence-electron chi connectivity index (χ2n) is 5.70. The van der Waals surface area contributed by atoms with Crippen molar-refractivity contribution in [1.82, 2.24) is 9.97 Å². The fourth-order valence-corrected chi connectivity index (χ4v) is 3.57. The van der Waals surface area contributed by atoms with Gasteiger partial charge in [0, 0.05) is 11.4 Å². The van der Waals surface area contributed by atoms with Crippen LogP contribution in [-0.4, -0.2) is 16.5 Å². The van der Waals surface area contributed by atoms with Crippen LogP contribution >= 0.6 is 11.3 Å². The van der Waals surface area contributed by atoms with Crippen molar-refractivity contribution >= 4 is 27.4 Å². The van der Waals surface area contributed by atoms with Gasteiger partial charge < -0.3 is 5.32 Å². The molecule has 0 atom stereocenters. The highest BCUT2D eigenvalue weighted by molar-refractivity contribution is 7.18. The number of fused-ring (bicyclic) bond motifs is 1. The number of hydrogen-bond donors (Lipinski definition) is 1. The summed E-state index contributed by atoms with van der Waals surface area (Å²) in [6.45, 7) is 7.69. The van der Waals surface area contributed by atoms with Crippen LogP contribution in [0.4, 0.5) is 5.82 Å². The quantitative estimate of drug-likeness (QED) is 0.910. The lowest BCUT2D eigenvalue weighted by molar-refractivity contribution is 0.180. The van der Waals surface area contributed by atoms with Gasteiger partial charge in [0.2, 0.25) is 0 Å². The molecule has 1 fully saturated rings. The second-order valence-corrected chi connectivity index (χ2v) is 6.91. The molecule has 0 aliphatic heterocycles. The maximum absolute atomic E-state index is 4.43. The lowest BCUT2D eigenvalue weighted by Crippen LogP contribution is -2.33. The molecule has 0 aromatic carbocycles. The fraction of sp³-hybridized carbons (Fsp3) is 0.571. The highest BCUT2D eigenvalue weighted by atomic mass is 32.1. The molecule has 18 heavy (non-hydrogen) atoms. The molecule has 0 saturated heterocycles. The smallest absolute Gasteiger partial charge is 0.138 e. The number of nitrogens with zero attached hydrogens (tertiary/aromatic N) is 2. The van der Waals surface area contributed by atoms with Gasteiger partial charge in [-0.25, -0.2) is 9.97 Å². The molecule has 2 heterocycles. The molecule has 1 aliphatic rings. The van der Waals surface area contributed by atoms with Crippen LogP contribution in [0, 0.1) is 19.3 Å². The van der Waals surface area contributed by atoms with Gasteiger partial charge in [-0.3, -0.25) is 0 Å². The molecule has 2 aromatic heterocycles. The molecule has 1 aliphatic carbocycles. The number of aryl methyl sites for hydroxylation is 2. The SMILES string of the molecule is Cc1sc2ncnc(NCC3(C)CCC3)c2c1C. The highest BCUT2D eigenvalue weighted by Gasteiger charge is 2.31. The predicted octanol–water partition coefficient (Wildman–Crippen LogP) is 3.91. The fourth-order valence-electron chi connectivity index (χ4n) is 2.57. The number of thiophene rings is 1. The van der Waals surface area contributed by atoms with Gasteiger partial charge in [0.25, 0.3) is 0 Å². The molecule has 1 saturated carbocycles. The van der Waals surface area contributed by atoms with Crippen LogP contribution in [0.2, 0.25) is 0 Å². The summed E-state index contributed by atoms with van der Waals surface area (Å²) >= 11 is 1.75. The molecule has 1 N–H and O–H groups in total. The zero-order valence-electron chi connectivity index (χ0n) is 11.2. The Morgan fingerprint density at radius 2 is 2.11 bits per heavy atom. The van der Waals surface area contributed by atoms with E-state index in [0.717, 1.165) is 17.2 Å². The van der Waals surface area contributed by atoms with Crippen molar-refractivity contribution < 1.29 is 0 Å². The monoisotopic (exact) mass is 261 g/mol. The topological polar surface area (TPSA) is 37.8 Å². The van der Waals surface area contributed by atoms with E-state index in [1.165, 1.54) is 35.1 Å². The normalized spacial score (nSPS) is 17.7. The molecule has 0 amide bonds. The molecule has 3 nitrogen and oxygen atoms in total. The molecular weight excluding hydrogens is 242 g/mol. The Bertz CT molecular complexity index is 584. The largest absolute Gasteiger partial charge is 0.369 e. The number of rotatable bonds is 3. The molecular formula is C14H19N3S. The van der Waals surface area contributed by atoms with Crippen LogP contribution < -0.4 is 5.32 Å². The van der Waals surface area contributed by atoms with Crippen molar-refractivity contribution in [3.63, 3.8) is 0 Å². The standard InChI is InChI=1S/C14H19N3S/c1-9-10(2)18-13-11(9)12(16-8-17-13)15-7-14(3)5-4-6-14/h8H,4-7H2,1-3H3,(H,15,16,17). The Kier molecular flexibility index (Phi) is 2.77. The van der Waals surface area contributed by atoms with Crippen molar-refractivity contribution in [3.05, 3.63) is 16.8 Å². The van der Waals surface area contributed by atoms with Crippen LogP contribution in [0.5, 0.6) is 0 Å². The summed E-state index contributed by atoms with van der Waals surface area (Å²) in [4.78, 5) is 11.2. The Labute approximate surface area is 112 Å². The van der Waals surface area contributed by atoms with Gasteiger partial charge in [-0.2, -0.15) is 0 Å². The molecule has 3 rings (SSSR count). The van der Waals surface area contributed by atoms with Crippen LogP contribution in [-0.2, 0) is 0 Å². The van der Waals surface area contributed by atoms with Gasteiger partial charge in [-0.1, -0.05) is 13.3 Å². The van der Waals surface area contributed by atoms with Crippen LogP contribution in [0.15, 0.2) is 6.33 Å². The van der Waals surface area contributed by atoms with Crippen molar-refractivity contribution in [3.8, 4) is 0 Å². The van der Waals surface area contributed by atoms with Crippen LogP contribution in [0.25, 0.3) is 10.2 Å². The Hall–Kier alpha value is -1.16. The number of nitrogens with one attached hydrogen (secondary N) is 1. The van der Waals surface area contributed by atoms with Gasteiger partial charge in [0.15, 0.2) is 0 Å². The molecule has 96 valence electrons. The van der Waals surface area contributed by atoms with Crippen molar-refractivity contribution in [2.45, 2.75) is 40.0 Å². The number of anilines is 1. The minimum atomic E-state index is 0.468. The minimum absolute atomic E-state index is 0.468. The summed E-state index contributed by atoms with van der Waals surface area (Å²) in [5, 5.41) is 4.75. The molecule has 0 radical (unpaired) electrons. The van der Waals surface area contributed by atoms with E-state index in [2.05, 4.69) is 36.1 Å². The van der Waals surface area contributed by atoms with E-state index in [-0.39, 0.29) is 0 Å². The minimum Gasteiger partial charge on any atom is -0.369 e. The first-order valence-electron chi connectivity index (χ1n) is 6.54. The predicted molar refractivity (Wildman–Crippen MR) is 77.3 cm³/mol. The summed E-state index contributed by atoms with van der Waals surface area (Å²) in [6, 6.07) is 0. The Balaban J connectivity index is 1.91. The lowest BCUT2D eigenvalue weighted by Gasteiger charge is -2.38. The van der Waals surface area contributed by atoms with E-state index in [0.29, 0.717) is 5.41 Å². The first-order chi connectivity index (χ1) is 8.59. The summed E-state index contributed by atoms with van der Waals surface area (Å²) < 4.78 is 0. The van der Waals surface area contributed by atoms with E-state index < -0.39 is 0 Å². The van der Waals surface area contributed by atoms with E-state index in [1.807, 2.05) is 0 Å². The number of aromatic nitrogens is 2. The third kappa shape index (κ3) is 1.88. The zero-order chi connectivity index (χ0) is 12.8. The van der Waals surface area contributed by atoms with Gasteiger partial charge in [0.05, 0.1) is 5.39 Å². The van der Waals surface area contributed by atoms with E-state index in [4.69, 9.17) is 0 Å². The van der Waals surface area contributed by atoms with E-state index >= 15 is 0 Å². The third-order valence-electron chi connectivity index (χ3n) is 4.21. The highest BCUT2D eigenvalue weighted by Crippen LogP contribution is 2.41. The number of hydrogen-bond acceptors (Lipinski definition) is 4. The molecule has 4 heteroatoms. The maximum Gasteiger partial charge on any atom is 0.138 e. The summed E-state index contributed by atoms with van der Waals surface area (Å²) in [6.07, 6.45) is 5.70. The van der Waals surface area contributed by atoms with Gasteiger partial charge in [0.1, 0.15) is 17.0 Å². The molecule has 0 spiro atoms. The zero-order valence-corrected chi connectivity index (χ0v) is 12.0. The van der Waals surface area contributed by atoms with Crippen molar-refractivity contribution in [2.24, 2.45) is 5.41 Å². The van der Waals surface area contributed by atoms with Gasteiger partial charge in [-0.05, 0) is 37.7 Å². The molecule has 0 bridgehead atoms. The lowest BCUT2D eigenvalue weighted by atomic mass is 9.70. The molecule has 2 aromatic rings. The maximum atomic E-state index is 4.43. The van der Waals surface area contributed by atoms with Crippen LogP contribution in [0.1, 0.15) is 36.6 Å². The summed E-state index contributed by atoms with van der Waals surface area (Å²) in [5.74, 6) is 1.01. The first-order valence-corrected chi connectivity index (χ1v) is 7.35. The third-order valence-corrected chi connectivity index (χ3v) is 5.32. The molecule has 0 unspecified atom stereocenters. The summed E-state index contributed by atoms with van der Waals surface area (Å²) in [5.41, 5.74) is 1.79. The Morgan fingerprint density at radius 1 is 1.33 bits per heavy atom. The first kappa shape index (κ1) is 11.9. The van der Waals surface area contributed by atoms with Crippen LogP contribution in [0.3, 0.4) is 0 Å².